The van der Waals surface area contributed by atoms with Crippen molar-refractivity contribution in [2.45, 2.75) is 38.4 Å². The molecule has 0 saturated carbocycles. The van der Waals surface area contributed by atoms with Crippen molar-refractivity contribution in [3.05, 3.63) is 112 Å². The minimum absolute atomic E-state index is 0.404. The van der Waals surface area contributed by atoms with Gasteiger partial charge in [-0.05, 0) is 79.3 Å². The van der Waals surface area contributed by atoms with Crippen LogP contribution in [0.2, 0.25) is 5.02 Å². The van der Waals surface area contributed by atoms with Gasteiger partial charge in [0.15, 0.2) is 0 Å². The van der Waals surface area contributed by atoms with Crippen molar-refractivity contribution in [2.24, 2.45) is 0 Å². The molecular formula is C29H29ClNO2P. The van der Waals surface area contributed by atoms with Gasteiger partial charge in [0.1, 0.15) is 0 Å². The molecule has 3 aromatic carbocycles. The Morgan fingerprint density at radius 3 is 2.62 bits per heavy atom. The second-order valence-corrected chi connectivity index (χ2v) is 9.59. The van der Waals surface area contributed by atoms with Crippen LogP contribution in [0.15, 0.2) is 78.9 Å². The van der Waals surface area contributed by atoms with E-state index in [1.165, 1.54) is 5.56 Å². The van der Waals surface area contributed by atoms with E-state index in [2.05, 4.69) is 26.6 Å². The Morgan fingerprint density at radius 1 is 1.00 bits per heavy atom. The highest BCUT2D eigenvalue weighted by Gasteiger charge is 2.23. The minimum Gasteiger partial charge on any atom is -0.388 e. The van der Waals surface area contributed by atoms with Gasteiger partial charge in [-0.2, -0.15) is 0 Å². The number of aliphatic hydroxyl groups is 1. The van der Waals surface area contributed by atoms with Crippen molar-refractivity contribution in [1.29, 1.82) is 0 Å². The summed E-state index contributed by atoms with van der Waals surface area (Å²) in [6, 6.07) is 26.0. The van der Waals surface area contributed by atoms with E-state index < -0.39 is 11.7 Å². The smallest absolute Gasteiger partial charge is 0.0913 e. The second kappa shape index (κ2) is 10.8. The quantitative estimate of drug-likeness (QED) is 0.257. The van der Waals surface area contributed by atoms with E-state index in [9.17, 15) is 5.11 Å². The van der Waals surface area contributed by atoms with Crippen LogP contribution in [0.5, 0.6) is 0 Å². The number of pyridine rings is 1. The summed E-state index contributed by atoms with van der Waals surface area (Å²) in [5.41, 5.74) is 5.57. The average molecular weight is 490 g/mol. The van der Waals surface area contributed by atoms with E-state index in [4.69, 9.17) is 16.1 Å². The molecule has 3 nitrogen and oxygen atoms in total. The summed E-state index contributed by atoms with van der Waals surface area (Å²) < 4.78 is 5.60. The molecule has 0 spiro atoms. The summed E-state index contributed by atoms with van der Waals surface area (Å²) in [7, 11) is 2.36. The maximum atomic E-state index is 10.9. The molecule has 4 rings (SSSR count). The lowest BCUT2D eigenvalue weighted by Gasteiger charge is -2.26. The third kappa shape index (κ3) is 5.92. The highest BCUT2D eigenvalue weighted by molar-refractivity contribution is 7.09. The van der Waals surface area contributed by atoms with Crippen molar-refractivity contribution in [1.82, 2.24) is 4.98 Å². The molecule has 0 saturated heterocycles. The van der Waals surface area contributed by atoms with Crippen LogP contribution >= 0.6 is 21.1 Å². The first kappa shape index (κ1) is 24.6. The summed E-state index contributed by atoms with van der Waals surface area (Å²) >= 11 is 6.11. The molecule has 0 fully saturated rings. The monoisotopic (exact) mass is 489 g/mol. The number of aromatic nitrogens is 1. The summed E-state index contributed by atoms with van der Waals surface area (Å²) in [4.78, 5) is 4.67. The normalized spacial score (nSPS) is 13.0. The summed E-state index contributed by atoms with van der Waals surface area (Å²) in [6.07, 6.45) is 4.83. The molecule has 2 atom stereocenters. The lowest BCUT2D eigenvalue weighted by molar-refractivity contribution is 0.136. The standard InChI is InChI=1S/C29H29ClNO2P/c1-29(2,33-34)26-9-4-3-7-21(26)13-17-28(32)23-8-5-6-20(18-23)10-15-25-16-12-22-11-14-24(30)19-27(22)31-25/h3-12,14-16,18-19,28,32H,13,17,34H2,1-2H3/b15-10+/t28-/m0/s1. The fourth-order valence-electron chi connectivity index (χ4n) is 4.10. The summed E-state index contributed by atoms with van der Waals surface area (Å²) in [5, 5.41) is 12.6. The topological polar surface area (TPSA) is 42.4 Å². The molecule has 1 unspecified atom stereocenters. The fourth-order valence-corrected chi connectivity index (χ4v) is 4.39. The molecule has 1 N–H and O–H groups in total. The molecule has 0 aliphatic carbocycles. The Morgan fingerprint density at radius 2 is 1.79 bits per heavy atom. The van der Waals surface area contributed by atoms with Gasteiger partial charge in [0, 0.05) is 19.9 Å². The highest BCUT2D eigenvalue weighted by atomic mass is 35.5. The molecule has 0 amide bonds. The van der Waals surface area contributed by atoms with Crippen LogP contribution in [-0.2, 0) is 16.5 Å². The van der Waals surface area contributed by atoms with Crippen LogP contribution in [0.3, 0.4) is 0 Å². The number of halogens is 1. The molecule has 1 aromatic heterocycles. The number of fused-ring (bicyclic) bond motifs is 1. The number of benzene rings is 3. The molecule has 0 aliphatic heterocycles. The van der Waals surface area contributed by atoms with Gasteiger partial charge in [-0.1, -0.05) is 72.3 Å². The van der Waals surface area contributed by atoms with E-state index in [1.54, 1.807) is 0 Å². The Balaban J connectivity index is 1.47. The van der Waals surface area contributed by atoms with Crippen LogP contribution < -0.4 is 0 Å². The van der Waals surface area contributed by atoms with Gasteiger partial charge in [0.05, 0.1) is 22.9 Å². The lowest BCUT2D eigenvalue weighted by Crippen LogP contribution is -2.19. The Kier molecular flexibility index (Phi) is 7.80. The van der Waals surface area contributed by atoms with Crippen LogP contribution in [0.1, 0.15) is 54.3 Å². The number of nitrogens with zero attached hydrogens (tertiary/aromatic N) is 1. The Labute approximate surface area is 208 Å². The number of hydrogen-bond donors (Lipinski definition) is 1. The number of aryl methyl sites for hydroxylation is 1. The van der Waals surface area contributed by atoms with Gasteiger partial charge in [-0.25, -0.2) is 4.98 Å². The van der Waals surface area contributed by atoms with E-state index in [-0.39, 0.29) is 0 Å². The van der Waals surface area contributed by atoms with Crippen LogP contribution in [0.25, 0.3) is 23.1 Å². The Bertz CT molecular complexity index is 1320. The van der Waals surface area contributed by atoms with Gasteiger partial charge >= 0.3 is 0 Å². The number of hydrogen-bond acceptors (Lipinski definition) is 3. The maximum Gasteiger partial charge on any atom is 0.0913 e. The second-order valence-electron chi connectivity index (χ2n) is 8.92. The van der Waals surface area contributed by atoms with E-state index in [0.717, 1.165) is 39.7 Å². The van der Waals surface area contributed by atoms with Crippen molar-refractivity contribution in [3.8, 4) is 0 Å². The van der Waals surface area contributed by atoms with E-state index in [1.807, 2.05) is 92.7 Å². The first-order valence-corrected chi connectivity index (χ1v) is 12.2. The van der Waals surface area contributed by atoms with Crippen LogP contribution in [0, 0.1) is 0 Å². The predicted molar refractivity (Wildman–Crippen MR) is 146 cm³/mol. The average Bonchev–Trinajstić information content (AvgIpc) is 2.86. The molecule has 5 heteroatoms. The molecule has 1 heterocycles. The minimum atomic E-state index is -0.553. The van der Waals surface area contributed by atoms with Gasteiger partial charge < -0.3 is 9.63 Å². The molecular weight excluding hydrogens is 461 g/mol. The number of rotatable bonds is 8. The first-order valence-electron chi connectivity index (χ1n) is 11.3. The Hall–Kier alpha value is -2.55. The molecule has 0 aliphatic rings. The maximum absolute atomic E-state index is 10.9. The van der Waals surface area contributed by atoms with E-state index in [0.29, 0.717) is 11.4 Å². The first-order chi connectivity index (χ1) is 16.4. The third-order valence-electron chi connectivity index (χ3n) is 6.07. The van der Waals surface area contributed by atoms with Crippen molar-refractivity contribution >= 4 is 44.1 Å². The molecule has 0 bridgehead atoms. The zero-order valence-corrected chi connectivity index (χ0v) is 21.3. The highest BCUT2D eigenvalue weighted by Crippen LogP contribution is 2.31. The lowest BCUT2D eigenvalue weighted by atomic mass is 9.90. The van der Waals surface area contributed by atoms with Crippen LogP contribution in [-0.4, -0.2) is 10.1 Å². The SMILES string of the molecule is CC(C)(OP)c1ccccc1CC[C@H](O)c1cccc(/C=C/c2ccc3ccc(Cl)cc3n2)c1. The zero-order valence-electron chi connectivity index (χ0n) is 19.4. The fraction of sp³-hybridized carbons (Fsp3) is 0.207. The molecule has 0 radical (unpaired) electrons. The molecule has 174 valence electrons. The van der Waals surface area contributed by atoms with Gasteiger partial charge in [0.25, 0.3) is 0 Å². The van der Waals surface area contributed by atoms with Gasteiger partial charge in [0.2, 0.25) is 0 Å². The summed E-state index contributed by atoms with van der Waals surface area (Å²) in [5.74, 6) is 0. The van der Waals surface area contributed by atoms with Gasteiger partial charge in [-0.15, -0.1) is 0 Å². The van der Waals surface area contributed by atoms with Crippen molar-refractivity contribution in [3.63, 3.8) is 0 Å². The van der Waals surface area contributed by atoms with Crippen molar-refractivity contribution in [2.75, 3.05) is 0 Å². The summed E-state index contributed by atoms with van der Waals surface area (Å²) in [6.45, 7) is 4.09. The largest absolute Gasteiger partial charge is 0.388 e. The molecule has 4 aromatic rings. The van der Waals surface area contributed by atoms with Crippen molar-refractivity contribution < 1.29 is 9.63 Å². The van der Waals surface area contributed by atoms with Gasteiger partial charge in [-0.3, -0.25) is 0 Å². The van der Waals surface area contributed by atoms with Crippen LogP contribution in [0.4, 0.5) is 0 Å². The van der Waals surface area contributed by atoms with E-state index >= 15 is 0 Å². The zero-order chi connectivity index (χ0) is 24.1. The number of aliphatic hydroxyl groups excluding tert-OH is 1. The predicted octanol–water partition coefficient (Wildman–Crippen LogP) is 7.77. The molecule has 34 heavy (non-hydrogen) atoms. The third-order valence-corrected chi connectivity index (χ3v) is 6.89.